The molecule has 94 valence electrons. The Bertz CT molecular complexity index is 187. The third-order valence-corrected chi connectivity index (χ3v) is 4.31. The first-order valence-corrected chi connectivity index (χ1v) is 7.19. The zero-order chi connectivity index (χ0) is 11.2. The Hall–Kier alpha value is -0.0800. The molecular formula is C14H27NO. The Labute approximate surface area is 100 Å². The summed E-state index contributed by atoms with van der Waals surface area (Å²) < 4.78 is 5.61. The number of ether oxygens (including phenoxy) is 1. The van der Waals surface area contributed by atoms with Crippen LogP contribution in [-0.4, -0.2) is 25.3 Å². The van der Waals surface area contributed by atoms with Crippen molar-refractivity contribution in [3.05, 3.63) is 0 Å². The quantitative estimate of drug-likeness (QED) is 0.744. The van der Waals surface area contributed by atoms with Gasteiger partial charge in [0.25, 0.3) is 0 Å². The van der Waals surface area contributed by atoms with Crippen LogP contribution in [0.1, 0.15) is 64.2 Å². The third-order valence-electron chi connectivity index (χ3n) is 4.31. The van der Waals surface area contributed by atoms with Gasteiger partial charge in [-0.05, 0) is 25.7 Å². The van der Waals surface area contributed by atoms with Crippen LogP contribution in [0.25, 0.3) is 0 Å². The topological polar surface area (TPSA) is 21.3 Å². The van der Waals surface area contributed by atoms with Gasteiger partial charge in [-0.2, -0.15) is 0 Å². The molecule has 2 nitrogen and oxygen atoms in total. The second-order valence-corrected chi connectivity index (χ2v) is 5.52. The number of nitrogens with one attached hydrogen (secondary N) is 1. The van der Waals surface area contributed by atoms with E-state index in [0.717, 1.165) is 6.04 Å². The molecule has 0 spiro atoms. The molecule has 0 radical (unpaired) electrons. The van der Waals surface area contributed by atoms with Crippen LogP contribution in [0.2, 0.25) is 0 Å². The fraction of sp³-hybridized carbons (Fsp3) is 1.00. The van der Waals surface area contributed by atoms with E-state index >= 15 is 0 Å². The smallest absolute Gasteiger partial charge is 0.0724 e. The van der Waals surface area contributed by atoms with E-state index in [1.165, 1.54) is 64.2 Å². The summed E-state index contributed by atoms with van der Waals surface area (Å²) in [5.41, 5.74) is 0. The van der Waals surface area contributed by atoms with Crippen molar-refractivity contribution < 1.29 is 4.74 Å². The Morgan fingerprint density at radius 1 is 0.812 bits per heavy atom. The molecule has 2 aliphatic carbocycles. The van der Waals surface area contributed by atoms with Crippen molar-refractivity contribution in [3.63, 3.8) is 0 Å². The lowest BCUT2D eigenvalue weighted by Gasteiger charge is -2.34. The van der Waals surface area contributed by atoms with Crippen LogP contribution in [0.4, 0.5) is 0 Å². The maximum Gasteiger partial charge on any atom is 0.0724 e. The van der Waals surface area contributed by atoms with Crippen molar-refractivity contribution >= 4 is 0 Å². The molecule has 1 N–H and O–H groups in total. The molecule has 2 atom stereocenters. The third kappa shape index (κ3) is 3.46. The summed E-state index contributed by atoms with van der Waals surface area (Å²) in [5, 5.41) is 3.87. The van der Waals surface area contributed by atoms with Crippen LogP contribution >= 0.6 is 0 Å². The fourth-order valence-electron chi connectivity index (χ4n) is 3.32. The van der Waals surface area contributed by atoms with E-state index in [0.29, 0.717) is 12.1 Å². The van der Waals surface area contributed by atoms with Crippen molar-refractivity contribution in [2.75, 3.05) is 7.11 Å². The predicted molar refractivity (Wildman–Crippen MR) is 67.7 cm³/mol. The average molecular weight is 225 g/mol. The Morgan fingerprint density at radius 3 is 2.12 bits per heavy atom. The van der Waals surface area contributed by atoms with Gasteiger partial charge in [0.2, 0.25) is 0 Å². The second kappa shape index (κ2) is 6.61. The van der Waals surface area contributed by atoms with Gasteiger partial charge in [0, 0.05) is 19.2 Å². The Morgan fingerprint density at radius 2 is 1.44 bits per heavy atom. The molecule has 0 amide bonds. The summed E-state index contributed by atoms with van der Waals surface area (Å²) in [6, 6.07) is 1.39. The number of hydrogen-bond acceptors (Lipinski definition) is 2. The van der Waals surface area contributed by atoms with E-state index in [2.05, 4.69) is 5.32 Å². The van der Waals surface area contributed by atoms with Crippen molar-refractivity contribution in [2.45, 2.75) is 82.4 Å². The normalized spacial score (nSPS) is 33.6. The maximum atomic E-state index is 5.61. The molecule has 2 rings (SSSR count). The summed E-state index contributed by atoms with van der Waals surface area (Å²) in [7, 11) is 1.87. The van der Waals surface area contributed by atoms with Gasteiger partial charge < -0.3 is 10.1 Å². The van der Waals surface area contributed by atoms with Crippen molar-refractivity contribution in [3.8, 4) is 0 Å². The molecule has 2 saturated carbocycles. The molecule has 16 heavy (non-hydrogen) atoms. The van der Waals surface area contributed by atoms with Gasteiger partial charge in [-0.15, -0.1) is 0 Å². The molecule has 0 heterocycles. The van der Waals surface area contributed by atoms with Crippen LogP contribution in [0.3, 0.4) is 0 Å². The van der Waals surface area contributed by atoms with E-state index < -0.39 is 0 Å². The first-order chi connectivity index (χ1) is 7.90. The summed E-state index contributed by atoms with van der Waals surface area (Å²) in [4.78, 5) is 0. The standard InChI is InChI=1S/C14H27NO/c1-16-14-11-7-6-10-13(14)15-12-8-4-2-3-5-9-12/h12-15H,2-11H2,1H3/t13-,14-/m0/s1. The second-order valence-electron chi connectivity index (χ2n) is 5.52. The minimum absolute atomic E-state index is 0.469. The number of rotatable bonds is 3. The SMILES string of the molecule is CO[C@H]1CCCC[C@@H]1NC1CCCCCC1. The van der Waals surface area contributed by atoms with Crippen LogP contribution < -0.4 is 5.32 Å². The molecule has 0 aliphatic heterocycles. The largest absolute Gasteiger partial charge is 0.380 e. The van der Waals surface area contributed by atoms with Crippen LogP contribution in [0.5, 0.6) is 0 Å². The predicted octanol–water partition coefficient (Wildman–Crippen LogP) is 3.26. The van der Waals surface area contributed by atoms with Gasteiger partial charge in [-0.1, -0.05) is 38.5 Å². The van der Waals surface area contributed by atoms with E-state index in [1.54, 1.807) is 0 Å². The van der Waals surface area contributed by atoms with E-state index in [1.807, 2.05) is 7.11 Å². The lowest BCUT2D eigenvalue weighted by atomic mass is 9.91. The molecule has 0 saturated heterocycles. The Balaban J connectivity index is 1.81. The fourth-order valence-corrected chi connectivity index (χ4v) is 3.32. The van der Waals surface area contributed by atoms with Gasteiger partial charge in [-0.25, -0.2) is 0 Å². The highest BCUT2D eigenvalue weighted by atomic mass is 16.5. The molecule has 2 heteroatoms. The number of methoxy groups -OCH3 is 1. The lowest BCUT2D eigenvalue weighted by molar-refractivity contribution is 0.0369. The molecule has 0 bridgehead atoms. The molecule has 2 aliphatic rings. The lowest BCUT2D eigenvalue weighted by Crippen LogP contribution is -2.47. The van der Waals surface area contributed by atoms with Crippen LogP contribution in [0.15, 0.2) is 0 Å². The highest BCUT2D eigenvalue weighted by Crippen LogP contribution is 2.24. The molecule has 0 aromatic heterocycles. The maximum absolute atomic E-state index is 5.61. The summed E-state index contributed by atoms with van der Waals surface area (Å²) >= 11 is 0. The molecule has 2 fully saturated rings. The minimum atomic E-state index is 0.469. The zero-order valence-electron chi connectivity index (χ0n) is 10.7. The van der Waals surface area contributed by atoms with Crippen molar-refractivity contribution in [2.24, 2.45) is 0 Å². The summed E-state index contributed by atoms with van der Waals surface area (Å²) in [6.45, 7) is 0. The first-order valence-electron chi connectivity index (χ1n) is 7.19. The molecule has 0 aromatic carbocycles. The van der Waals surface area contributed by atoms with Crippen LogP contribution in [-0.2, 0) is 4.74 Å². The van der Waals surface area contributed by atoms with Crippen LogP contribution in [0, 0.1) is 0 Å². The van der Waals surface area contributed by atoms with E-state index in [9.17, 15) is 0 Å². The van der Waals surface area contributed by atoms with E-state index in [4.69, 9.17) is 4.74 Å². The highest BCUT2D eigenvalue weighted by Gasteiger charge is 2.26. The summed E-state index contributed by atoms with van der Waals surface area (Å²) in [6.07, 6.45) is 14.2. The van der Waals surface area contributed by atoms with Crippen molar-refractivity contribution in [1.29, 1.82) is 0 Å². The first kappa shape index (κ1) is 12.4. The average Bonchev–Trinajstić information content (AvgIpc) is 2.58. The van der Waals surface area contributed by atoms with Gasteiger partial charge in [0.15, 0.2) is 0 Å². The van der Waals surface area contributed by atoms with Gasteiger partial charge >= 0.3 is 0 Å². The van der Waals surface area contributed by atoms with Gasteiger partial charge in [0.05, 0.1) is 6.10 Å². The van der Waals surface area contributed by atoms with Crippen molar-refractivity contribution in [1.82, 2.24) is 5.32 Å². The zero-order valence-corrected chi connectivity index (χ0v) is 10.7. The monoisotopic (exact) mass is 225 g/mol. The van der Waals surface area contributed by atoms with Gasteiger partial charge in [0.1, 0.15) is 0 Å². The van der Waals surface area contributed by atoms with Gasteiger partial charge in [-0.3, -0.25) is 0 Å². The molecule has 0 unspecified atom stereocenters. The molecular weight excluding hydrogens is 198 g/mol. The highest BCUT2D eigenvalue weighted by molar-refractivity contribution is 4.85. The van der Waals surface area contributed by atoms with E-state index in [-0.39, 0.29) is 0 Å². The number of hydrogen-bond donors (Lipinski definition) is 1. The molecule has 0 aromatic rings. The minimum Gasteiger partial charge on any atom is -0.380 e. The Kier molecular flexibility index (Phi) is 5.11. The summed E-state index contributed by atoms with van der Waals surface area (Å²) in [5.74, 6) is 0.